The van der Waals surface area contributed by atoms with Gasteiger partial charge in [-0.05, 0) is 7.05 Å². The molecule has 0 N–H and O–H groups in total. The summed E-state index contributed by atoms with van der Waals surface area (Å²) in [6.45, 7) is 4.94. The van der Waals surface area contributed by atoms with Crippen LogP contribution >= 0.6 is 0 Å². The molecule has 0 saturated carbocycles. The smallest absolute Gasteiger partial charge is 0.219 e. The standard InChI is InChI=1S/C9H18N2O2/c1-8(12)11-5-4-10(2)6-9(11)7-13-3/h9H,4-7H2,1-3H3. The summed E-state index contributed by atoms with van der Waals surface area (Å²) in [4.78, 5) is 15.4. The summed E-state index contributed by atoms with van der Waals surface area (Å²) in [5, 5.41) is 0. The maximum atomic E-state index is 11.2. The molecule has 13 heavy (non-hydrogen) atoms. The fraction of sp³-hybridized carbons (Fsp3) is 0.889. The number of hydrogen-bond donors (Lipinski definition) is 0. The third-order valence-electron chi connectivity index (χ3n) is 2.45. The van der Waals surface area contributed by atoms with E-state index in [1.807, 2.05) is 4.90 Å². The number of likely N-dealkylation sites (N-methyl/N-ethyl adjacent to an activating group) is 1. The Morgan fingerprint density at radius 1 is 1.54 bits per heavy atom. The number of amides is 1. The summed E-state index contributed by atoms with van der Waals surface area (Å²) < 4.78 is 5.09. The maximum Gasteiger partial charge on any atom is 0.219 e. The van der Waals surface area contributed by atoms with E-state index < -0.39 is 0 Å². The molecule has 4 nitrogen and oxygen atoms in total. The van der Waals surface area contributed by atoms with E-state index in [0.717, 1.165) is 19.6 Å². The van der Waals surface area contributed by atoms with Crippen LogP contribution in [0.1, 0.15) is 6.92 Å². The molecule has 0 bridgehead atoms. The van der Waals surface area contributed by atoms with E-state index in [1.165, 1.54) is 0 Å². The second-order valence-corrected chi connectivity index (χ2v) is 3.58. The topological polar surface area (TPSA) is 32.8 Å². The van der Waals surface area contributed by atoms with Gasteiger partial charge in [-0.1, -0.05) is 0 Å². The monoisotopic (exact) mass is 186 g/mol. The number of ether oxygens (including phenoxy) is 1. The summed E-state index contributed by atoms with van der Waals surface area (Å²) >= 11 is 0. The van der Waals surface area contributed by atoms with Crippen molar-refractivity contribution in [2.45, 2.75) is 13.0 Å². The molecule has 1 heterocycles. The third kappa shape index (κ3) is 2.67. The lowest BCUT2D eigenvalue weighted by atomic mass is 10.2. The Morgan fingerprint density at radius 2 is 2.23 bits per heavy atom. The molecule has 1 atom stereocenters. The second-order valence-electron chi connectivity index (χ2n) is 3.58. The van der Waals surface area contributed by atoms with Gasteiger partial charge >= 0.3 is 0 Å². The molecule has 0 aliphatic carbocycles. The van der Waals surface area contributed by atoms with E-state index in [0.29, 0.717) is 6.61 Å². The molecule has 0 radical (unpaired) electrons. The first kappa shape index (κ1) is 10.5. The van der Waals surface area contributed by atoms with Crippen LogP contribution in [0, 0.1) is 0 Å². The van der Waals surface area contributed by atoms with Crippen molar-refractivity contribution in [1.82, 2.24) is 9.80 Å². The van der Waals surface area contributed by atoms with Crippen molar-refractivity contribution in [1.29, 1.82) is 0 Å². The highest BCUT2D eigenvalue weighted by atomic mass is 16.5. The van der Waals surface area contributed by atoms with Crippen molar-refractivity contribution < 1.29 is 9.53 Å². The predicted molar refractivity (Wildman–Crippen MR) is 50.5 cm³/mol. The van der Waals surface area contributed by atoms with Gasteiger partial charge in [0.15, 0.2) is 0 Å². The highest BCUT2D eigenvalue weighted by molar-refractivity contribution is 5.73. The highest BCUT2D eigenvalue weighted by Crippen LogP contribution is 2.08. The fourth-order valence-electron chi connectivity index (χ4n) is 1.76. The molecule has 4 heteroatoms. The second kappa shape index (κ2) is 4.58. The molecule has 1 fully saturated rings. The quantitative estimate of drug-likeness (QED) is 0.598. The molecule has 1 aliphatic rings. The number of methoxy groups -OCH3 is 1. The summed E-state index contributed by atoms with van der Waals surface area (Å²) in [6, 6.07) is 0.223. The van der Waals surface area contributed by atoms with E-state index in [2.05, 4.69) is 11.9 Å². The summed E-state index contributed by atoms with van der Waals surface area (Å²) in [5.74, 6) is 0.148. The number of carbonyl (C=O) groups is 1. The first-order valence-corrected chi connectivity index (χ1v) is 4.60. The Bertz CT molecular complexity index is 184. The van der Waals surface area contributed by atoms with E-state index in [1.54, 1.807) is 14.0 Å². The molecule has 1 rings (SSSR count). The van der Waals surface area contributed by atoms with Gasteiger partial charge < -0.3 is 14.5 Å². The zero-order valence-electron chi connectivity index (χ0n) is 8.62. The van der Waals surface area contributed by atoms with Crippen molar-refractivity contribution in [3.63, 3.8) is 0 Å². The van der Waals surface area contributed by atoms with Gasteiger partial charge in [-0.25, -0.2) is 0 Å². The van der Waals surface area contributed by atoms with Gasteiger partial charge in [0.05, 0.1) is 12.6 Å². The Balaban J connectivity index is 2.55. The van der Waals surface area contributed by atoms with Gasteiger partial charge in [0, 0.05) is 33.7 Å². The zero-order valence-corrected chi connectivity index (χ0v) is 8.62. The first-order chi connectivity index (χ1) is 6.15. The van der Waals surface area contributed by atoms with Crippen LogP contribution in [-0.4, -0.2) is 62.1 Å². The molecule has 1 saturated heterocycles. The Labute approximate surface area is 79.4 Å². The van der Waals surface area contributed by atoms with Crippen LogP contribution in [0.25, 0.3) is 0 Å². The molecule has 0 aromatic carbocycles. The van der Waals surface area contributed by atoms with Crippen LogP contribution in [0.3, 0.4) is 0 Å². The van der Waals surface area contributed by atoms with Crippen LogP contribution < -0.4 is 0 Å². The van der Waals surface area contributed by atoms with Crippen LogP contribution in [0.2, 0.25) is 0 Å². The largest absolute Gasteiger partial charge is 0.382 e. The Kier molecular flexibility index (Phi) is 3.69. The average molecular weight is 186 g/mol. The normalized spacial score (nSPS) is 24.8. The number of carbonyl (C=O) groups excluding carboxylic acids is 1. The molecule has 1 aliphatic heterocycles. The van der Waals surface area contributed by atoms with Gasteiger partial charge in [0.1, 0.15) is 0 Å². The van der Waals surface area contributed by atoms with Crippen LogP contribution in [-0.2, 0) is 9.53 Å². The minimum atomic E-state index is 0.148. The van der Waals surface area contributed by atoms with E-state index in [9.17, 15) is 4.79 Å². The predicted octanol–water partition coefficient (Wildman–Crippen LogP) is -0.205. The molecule has 1 unspecified atom stereocenters. The van der Waals surface area contributed by atoms with Gasteiger partial charge in [-0.15, -0.1) is 0 Å². The molecular weight excluding hydrogens is 168 g/mol. The molecule has 1 amide bonds. The Morgan fingerprint density at radius 3 is 2.77 bits per heavy atom. The van der Waals surface area contributed by atoms with E-state index in [-0.39, 0.29) is 11.9 Å². The van der Waals surface area contributed by atoms with E-state index >= 15 is 0 Å². The zero-order chi connectivity index (χ0) is 9.84. The number of piperazine rings is 1. The number of rotatable bonds is 2. The Hall–Kier alpha value is -0.610. The van der Waals surface area contributed by atoms with Crippen molar-refractivity contribution in [2.75, 3.05) is 40.4 Å². The fourth-order valence-corrected chi connectivity index (χ4v) is 1.76. The third-order valence-corrected chi connectivity index (χ3v) is 2.45. The first-order valence-electron chi connectivity index (χ1n) is 4.60. The van der Waals surface area contributed by atoms with Gasteiger partial charge in [-0.2, -0.15) is 0 Å². The lowest BCUT2D eigenvalue weighted by Gasteiger charge is -2.39. The number of nitrogens with zero attached hydrogens (tertiary/aromatic N) is 2. The van der Waals surface area contributed by atoms with Crippen LogP contribution in [0.15, 0.2) is 0 Å². The molecule has 76 valence electrons. The van der Waals surface area contributed by atoms with E-state index in [4.69, 9.17) is 4.74 Å². The average Bonchev–Trinajstić information content (AvgIpc) is 2.04. The molecule has 0 aromatic heterocycles. The maximum absolute atomic E-state index is 11.2. The van der Waals surface area contributed by atoms with Gasteiger partial charge in [-0.3, -0.25) is 4.79 Å². The highest BCUT2D eigenvalue weighted by Gasteiger charge is 2.26. The minimum Gasteiger partial charge on any atom is -0.382 e. The van der Waals surface area contributed by atoms with Crippen LogP contribution in [0.4, 0.5) is 0 Å². The summed E-state index contributed by atoms with van der Waals surface area (Å²) in [7, 11) is 3.74. The summed E-state index contributed by atoms with van der Waals surface area (Å²) in [5.41, 5.74) is 0. The lowest BCUT2D eigenvalue weighted by Crippen LogP contribution is -2.55. The minimum absolute atomic E-state index is 0.148. The molecular formula is C9H18N2O2. The molecule has 0 spiro atoms. The lowest BCUT2D eigenvalue weighted by molar-refractivity contribution is -0.134. The summed E-state index contributed by atoms with van der Waals surface area (Å²) in [6.07, 6.45) is 0. The molecule has 0 aromatic rings. The SMILES string of the molecule is COCC1CN(C)CCN1C(C)=O. The van der Waals surface area contributed by atoms with Crippen molar-refractivity contribution in [2.24, 2.45) is 0 Å². The van der Waals surface area contributed by atoms with Crippen LogP contribution in [0.5, 0.6) is 0 Å². The number of hydrogen-bond acceptors (Lipinski definition) is 3. The van der Waals surface area contributed by atoms with Crippen molar-refractivity contribution in [3.8, 4) is 0 Å². The van der Waals surface area contributed by atoms with Gasteiger partial charge in [0.2, 0.25) is 5.91 Å². The van der Waals surface area contributed by atoms with Crippen molar-refractivity contribution in [3.05, 3.63) is 0 Å². The van der Waals surface area contributed by atoms with Crippen molar-refractivity contribution >= 4 is 5.91 Å². The van der Waals surface area contributed by atoms with Gasteiger partial charge in [0.25, 0.3) is 0 Å².